The van der Waals surface area contributed by atoms with E-state index in [0.29, 0.717) is 5.02 Å². The first kappa shape index (κ1) is 10.1. The van der Waals surface area contributed by atoms with Gasteiger partial charge in [0, 0.05) is 0 Å². The number of hydrogen-bond donors (Lipinski definition) is 0. The predicted molar refractivity (Wildman–Crippen MR) is 53.6 cm³/mol. The number of aromatic nitrogens is 4. The Morgan fingerprint density at radius 3 is 2.38 bits per heavy atom. The number of nitrogens with zero attached hydrogens (tertiary/aromatic N) is 6. The van der Waals surface area contributed by atoms with Crippen LogP contribution in [0.25, 0.3) is 5.95 Å². The minimum Gasteiger partial charge on any atom is -0.257 e. The first-order valence-corrected chi connectivity index (χ1v) is 4.49. The second kappa shape index (κ2) is 3.97. The Kier molecular flexibility index (Phi) is 2.50. The molecule has 0 radical (unpaired) electrons. The molecule has 76 valence electrons. The molecule has 0 aliphatic rings. The minimum absolute atomic E-state index is 0.0426. The second-order valence-electron chi connectivity index (χ2n) is 2.74. The van der Waals surface area contributed by atoms with E-state index in [4.69, 9.17) is 22.1 Å². The zero-order valence-electron chi connectivity index (χ0n) is 7.79. The van der Waals surface area contributed by atoms with Crippen molar-refractivity contribution in [3.05, 3.63) is 35.1 Å². The van der Waals surface area contributed by atoms with E-state index in [9.17, 15) is 0 Å². The zero-order valence-corrected chi connectivity index (χ0v) is 8.55. The van der Waals surface area contributed by atoms with E-state index in [1.165, 1.54) is 23.3 Å². The fraction of sp³-hybridized carbons (Fsp3) is 0. The molecule has 0 amide bonds. The lowest BCUT2D eigenvalue weighted by Crippen LogP contribution is -2.01. The van der Waals surface area contributed by atoms with Gasteiger partial charge in [-0.1, -0.05) is 11.6 Å². The van der Waals surface area contributed by atoms with Gasteiger partial charge in [0.15, 0.2) is 11.4 Å². The molecule has 2 aromatic heterocycles. The summed E-state index contributed by atoms with van der Waals surface area (Å²) in [6, 6.07) is 3.69. The molecule has 7 heteroatoms. The molecule has 16 heavy (non-hydrogen) atoms. The van der Waals surface area contributed by atoms with E-state index < -0.39 is 0 Å². The summed E-state index contributed by atoms with van der Waals surface area (Å²) < 4.78 is 1.33. The molecule has 2 rings (SSSR count). The molecule has 6 nitrogen and oxygen atoms in total. The van der Waals surface area contributed by atoms with Crippen LogP contribution in [0.2, 0.25) is 5.02 Å². The number of rotatable bonds is 1. The van der Waals surface area contributed by atoms with E-state index in [0.717, 1.165) is 0 Å². The molecule has 0 bridgehead atoms. The van der Waals surface area contributed by atoms with Crippen molar-refractivity contribution in [1.29, 1.82) is 10.5 Å². The third-order valence-electron chi connectivity index (χ3n) is 1.80. The summed E-state index contributed by atoms with van der Waals surface area (Å²) in [5.41, 5.74) is 0.144. The van der Waals surface area contributed by atoms with E-state index in [2.05, 4.69) is 15.0 Å². The van der Waals surface area contributed by atoms with Crippen molar-refractivity contribution < 1.29 is 0 Å². The van der Waals surface area contributed by atoms with Crippen molar-refractivity contribution in [2.75, 3.05) is 0 Å². The monoisotopic (exact) mass is 230 g/mol. The third-order valence-corrected chi connectivity index (χ3v) is 2.00. The molecule has 0 aliphatic heterocycles. The van der Waals surface area contributed by atoms with Crippen LogP contribution < -0.4 is 0 Å². The van der Waals surface area contributed by atoms with Crippen molar-refractivity contribution in [2.24, 2.45) is 0 Å². The Bertz CT molecular complexity index is 600. The van der Waals surface area contributed by atoms with Gasteiger partial charge in [0.25, 0.3) is 0 Å². The smallest absolute Gasteiger partial charge is 0.236 e. The Hall–Kier alpha value is -2.44. The quantitative estimate of drug-likeness (QED) is 0.730. The van der Waals surface area contributed by atoms with Crippen LogP contribution in [0.5, 0.6) is 0 Å². The Labute approximate surface area is 95.4 Å². The van der Waals surface area contributed by atoms with Gasteiger partial charge < -0.3 is 0 Å². The number of hydrogen-bond acceptors (Lipinski definition) is 5. The van der Waals surface area contributed by atoms with Crippen LogP contribution in [0.3, 0.4) is 0 Å². The maximum Gasteiger partial charge on any atom is 0.236 e. The highest BCUT2D eigenvalue weighted by Gasteiger charge is 2.12. The highest BCUT2D eigenvalue weighted by Crippen LogP contribution is 2.11. The van der Waals surface area contributed by atoms with Crippen LogP contribution >= 0.6 is 11.6 Å². The number of nitriles is 2. The van der Waals surface area contributed by atoms with Crippen LogP contribution in [0, 0.1) is 22.7 Å². The van der Waals surface area contributed by atoms with Crippen LogP contribution in [0.4, 0.5) is 0 Å². The van der Waals surface area contributed by atoms with Gasteiger partial charge in [-0.15, -0.1) is 0 Å². The molecule has 0 aliphatic carbocycles. The average molecular weight is 231 g/mol. The largest absolute Gasteiger partial charge is 0.257 e. The van der Waals surface area contributed by atoms with Crippen molar-refractivity contribution >= 4 is 11.6 Å². The molecule has 0 atom stereocenters. The lowest BCUT2D eigenvalue weighted by Gasteiger charge is -1.99. The maximum atomic E-state index is 8.89. The van der Waals surface area contributed by atoms with Gasteiger partial charge in [-0.25, -0.2) is 15.0 Å². The summed E-state index contributed by atoms with van der Waals surface area (Å²) in [5, 5.41) is 18.0. The summed E-state index contributed by atoms with van der Waals surface area (Å²) in [6.07, 6.45) is 4.12. The van der Waals surface area contributed by atoms with E-state index >= 15 is 0 Å². The summed E-state index contributed by atoms with van der Waals surface area (Å²) in [4.78, 5) is 11.6. The summed E-state index contributed by atoms with van der Waals surface area (Å²) in [5.74, 6) is 0.245. The van der Waals surface area contributed by atoms with Crippen molar-refractivity contribution in [3.8, 4) is 18.1 Å². The predicted octanol–water partition coefficient (Wildman–Crippen LogP) is 1.06. The normalized spacial score (nSPS) is 9.44. The van der Waals surface area contributed by atoms with Crippen LogP contribution in [0.15, 0.2) is 18.7 Å². The van der Waals surface area contributed by atoms with Gasteiger partial charge in [0.2, 0.25) is 5.95 Å². The average Bonchev–Trinajstić information content (AvgIpc) is 2.72. The zero-order chi connectivity index (χ0) is 11.5. The molecule has 0 spiro atoms. The van der Waals surface area contributed by atoms with Gasteiger partial charge in [0.05, 0.1) is 17.4 Å². The highest BCUT2D eigenvalue weighted by atomic mass is 35.5. The molecule has 2 heterocycles. The number of imidazole rings is 1. The van der Waals surface area contributed by atoms with E-state index in [1.54, 1.807) is 0 Å². The van der Waals surface area contributed by atoms with Crippen molar-refractivity contribution in [1.82, 2.24) is 19.5 Å². The van der Waals surface area contributed by atoms with Crippen molar-refractivity contribution in [2.45, 2.75) is 0 Å². The molecule has 0 aromatic carbocycles. The Morgan fingerprint density at radius 1 is 1.12 bits per heavy atom. The first-order chi connectivity index (χ1) is 7.76. The van der Waals surface area contributed by atoms with Crippen LogP contribution in [-0.4, -0.2) is 19.5 Å². The maximum absolute atomic E-state index is 8.89. The molecule has 0 unspecified atom stereocenters. The molecular weight excluding hydrogens is 228 g/mol. The first-order valence-electron chi connectivity index (χ1n) is 4.11. The van der Waals surface area contributed by atoms with Gasteiger partial charge in [-0.05, 0) is 0 Å². The third kappa shape index (κ3) is 1.58. The minimum atomic E-state index is 0.0426. The van der Waals surface area contributed by atoms with Crippen LogP contribution in [0.1, 0.15) is 11.4 Å². The molecule has 0 fully saturated rings. The fourth-order valence-corrected chi connectivity index (χ4v) is 1.22. The Balaban J connectivity index is 2.58. The topological polar surface area (TPSA) is 91.2 Å². The highest BCUT2D eigenvalue weighted by molar-refractivity contribution is 6.30. The van der Waals surface area contributed by atoms with Gasteiger partial charge >= 0.3 is 0 Å². The Morgan fingerprint density at radius 2 is 1.81 bits per heavy atom. The van der Waals surface area contributed by atoms with Gasteiger partial charge in [0.1, 0.15) is 18.5 Å². The molecule has 2 aromatic rings. The summed E-state index contributed by atoms with van der Waals surface area (Å²) in [6.45, 7) is 0. The summed E-state index contributed by atoms with van der Waals surface area (Å²) in [7, 11) is 0. The second-order valence-corrected chi connectivity index (χ2v) is 3.17. The molecular formula is C9H3ClN6. The van der Waals surface area contributed by atoms with Gasteiger partial charge in [-0.3, -0.25) is 4.57 Å². The SMILES string of the molecule is N#Cc1ncn(-c2ncc(Cl)cn2)c1C#N. The number of halogens is 1. The van der Waals surface area contributed by atoms with E-state index in [1.807, 2.05) is 12.1 Å². The molecule has 0 saturated heterocycles. The van der Waals surface area contributed by atoms with Crippen LogP contribution in [-0.2, 0) is 0 Å². The lowest BCUT2D eigenvalue weighted by molar-refractivity contribution is 0.913. The van der Waals surface area contributed by atoms with Crippen molar-refractivity contribution in [3.63, 3.8) is 0 Å². The van der Waals surface area contributed by atoms with E-state index in [-0.39, 0.29) is 17.3 Å². The lowest BCUT2D eigenvalue weighted by atomic mass is 10.3. The summed E-state index contributed by atoms with van der Waals surface area (Å²) >= 11 is 5.64. The molecule has 0 saturated carbocycles. The standard InChI is InChI=1S/C9H3ClN6/c10-6-3-13-9(14-4-6)16-5-15-7(1-11)8(16)2-12/h3-5H. The van der Waals surface area contributed by atoms with Gasteiger partial charge in [-0.2, -0.15) is 10.5 Å². The molecule has 0 N–H and O–H groups in total. The fourth-order valence-electron chi connectivity index (χ4n) is 1.12.